The van der Waals surface area contributed by atoms with Crippen molar-refractivity contribution in [2.45, 2.75) is 0 Å². The third kappa shape index (κ3) is 1.23. The lowest BCUT2D eigenvalue weighted by Crippen LogP contribution is -1.68. The van der Waals surface area contributed by atoms with Crippen LogP contribution in [0.4, 0.5) is 0 Å². The Morgan fingerprint density at radius 2 is 2.07 bits per heavy atom. The SMILES string of the molecule is c1ccc2sc(-c3cncs3)nc2c1. The van der Waals surface area contributed by atoms with Gasteiger partial charge in [-0.2, -0.15) is 0 Å². The van der Waals surface area contributed by atoms with E-state index >= 15 is 0 Å². The highest BCUT2D eigenvalue weighted by Crippen LogP contribution is 2.31. The van der Waals surface area contributed by atoms with Crippen molar-refractivity contribution in [1.29, 1.82) is 0 Å². The zero-order valence-corrected chi connectivity index (χ0v) is 8.81. The van der Waals surface area contributed by atoms with Crippen molar-refractivity contribution in [3.63, 3.8) is 0 Å². The van der Waals surface area contributed by atoms with E-state index in [1.54, 1.807) is 22.7 Å². The van der Waals surface area contributed by atoms with Gasteiger partial charge in [0.25, 0.3) is 0 Å². The predicted molar refractivity (Wildman–Crippen MR) is 60.7 cm³/mol. The zero-order valence-electron chi connectivity index (χ0n) is 7.18. The van der Waals surface area contributed by atoms with E-state index < -0.39 is 0 Å². The smallest absolute Gasteiger partial charge is 0.136 e. The van der Waals surface area contributed by atoms with Gasteiger partial charge in [-0.05, 0) is 12.1 Å². The molecule has 0 aliphatic heterocycles. The van der Waals surface area contributed by atoms with Crippen LogP contribution in [0.2, 0.25) is 0 Å². The van der Waals surface area contributed by atoms with Crippen molar-refractivity contribution in [2.75, 3.05) is 0 Å². The Bertz CT molecular complexity index is 521. The van der Waals surface area contributed by atoms with Gasteiger partial charge in [0.1, 0.15) is 5.01 Å². The van der Waals surface area contributed by atoms with Gasteiger partial charge in [-0.15, -0.1) is 22.7 Å². The van der Waals surface area contributed by atoms with E-state index in [0.29, 0.717) is 0 Å². The maximum absolute atomic E-state index is 4.54. The summed E-state index contributed by atoms with van der Waals surface area (Å²) >= 11 is 3.34. The summed E-state index contributed by atoms with van der Waals surface area (Å²) in [7, 11) is 0. The van der Waals surface area contributed by atoms with Crippen LogP contribution >= 0.6 is 22.7 Å². The van der Waals surface area contributed by atoms with Gasteiger partial charge in [0, 0.05) is 6.20 Å². The van der Waals surface area contributed by atoms with Crippen molar-refractivity contribution in [1.82, 2.24) is 9.97 Å². The summed E-state index contributed by atoms with van der Waals surface area (Å²) in [5, 5.41) is 1.06. The molecule has 2 aromatic heterocycles. The molecule has 0 fully saturated rings. The minimum absolute atomic E-state index is 1.06. The number of hydrogen-bond donors (Lipinski definition) is 0. The Morgan fingerprint density at radius 3 is 2.86 bits per heavy atom. The van der Waals surface area contributed by atoms with Gasteiger partial charge < -0.3 is 0 Å². The van der Waals surface area contributed by atoms with Crippen LogP contribution in [0.1, 0.15) is 0 Å². The lowest BCUT2D eigenvalue weighted by molar-refractivity contribution is 1.41. The summed E-state index contributed by atoms with van der Waals surface area (Å²) in [6, 6.07) is 8.18. The molecule has 4 heteroatoms. The Labute approximate surface area is 88.9 Å². The quantitative estimate of drug-likeness (QED) is 0.625. The number of para-hydroxylation sites is 1. The minimum Gasteiger partial charge on any atom is -0.252 e. The Balaban J connectivity index is 2.24. The van der Waals surface area contributed by atoms with Gasteiger partial charge in [0.15, 0.2) is 0 Å². The molecule has 0 saturated heterocycles. The van der Waals surface area contributed by atoms with Crippen molar-refractivity contribution in [3.8, 4) is 9.88 Å². The fraction of sp³-hybridized carbons (Fsp3) is 0. The van der Waals surface area contributed by atoms with Gasteiger partial charge in [-0.25, -0.2) is 4.98 Å². The molecule has 0 spiro atoms. The van der Waals surface area contributed by atoms with Gasteiger partial charge in [0.05, 0.1) is 20.6 Å². The highest BCUT2D eigenvalue weighted by molar-refractivity contribution is 7.25. The first kappa shape index (κ1) is 8.08. The monoisotopic (exact) mass is 218 g/mol. The summed E-state index contributed by atoms with van der Waals surface area (Å²) < 4.78 is 1.23. The predicted octanol–water partition coefficient (Wildman–Crippen LogP) is 3.42. The highest BCUT2D eigenvalue weighted by Gasteiger charge is 2.05. The molecule has 14 heavy (non-hydrogen) atoms. The second kappa shape index (κ2) is 3.15. The molecule has 0 aliphatic carbocycles. The van der Waals surface area contributed by atoms with Crippen molar-refractivity contribution < 1.29 is 0 Å². The number of aromatic nitrogens is 2. The Kier molecular flexibility index (Phi) is 1.82. The van der Waals surface area contributed by atoms with Crippen LogP contribution in [0, 0.1) is 0 Å². The fourth-order valence-corrected chi connectivity index (χ4v) is 2.94. The lowest BCUT2D eigenvalue weighted by Gasteiger charge is -1.82. The topological polar surface area (TPSA) is 25.8 Å². The first-order chi connectivity index (χ1) is 6.93. The number of thiazole rings is 2. The highest BCUT2D eigenvalue weighted by atomic mass is 32.1. The van der Waals surface area contributed by atoms with E-state index in [1.807, 2.05) is 29.9 Å². The molecule has 0 atom stereocenters. The standard InChI is InChI=1S/C10H6N2S2/c1-2-4-8-7(3-1)12-10(14-8)9-5-11-6-13-9/h1-6H. The molecular formula is C10H6N2S2. The summed E-state index contributed by atoms with van der Waals surface area (Å²) in [5.41, 5.74) is 2.90. The minimum atomic E-state index is 1.06. The molecule has 1 aromatic carbocycles. The third-order valence-corrected chi connectivity index (χ3v) is 3.92. The van der Waals surface area contributed by atoms with Gasteiger partial charge in [-0.3, -0.25) is 4.98 Å². The molecule has 0 saturated carbocycles. The van der Waals surface area contributed by atoms with Crippen molar-refractivity contribution in [2.24, 2.45) is 0 Å². The maximum atomic E-state index is 4.54. The third-order valence-electron chi connectivity index (χ3n) is 1.94. The van der Waals surface area contributed by atoms with Gasteiger partial charge >= 0.3 is 0 Å². The molecule has 2 nitrogen and oxygen atoms in total. The largest absolute Gasteiger partial charge is 0.252 e. The number of rotatable bonds is 1. The first-order valence-electron chi connectivity index (χ1n) is 4.18. The van der Waals surface area contributed by atoms with Crippen LogP contribution in [-0.2, 0) is 0 Å². The zero-order chi connectivity index (χ0) is 9.38. The lowest BCUT2D eigenvalue weighted by atomic mass is 10.3. The van der Waals surface area contributed by atoms with Gasteiger partial charge in [-0.1, -0.05) is 12.1 Å². The summed E-state index contributed by atoms with van der Waals surface area (Å²) in [5.74, 6) is 0. The van der Waals surface area contributed by atoms with Crippen LogP contribution < -0.4 is 0 Å². The molecule has 0 N–H and O–H groups in total. The second-order valence-corrected chi connectivity index (χ2v) is 4.77. The normalized spacial score (nSPS) is 10.9. The fourth-order valence-electron chi connectivity index (χ4n) is 1.30. The molecule has 2 heterocycles. The molecule has 0 radical (unpaired) electrons. The van der Waals surface area contributed by atoms with Crippen LogP contribution in [-0.4, -0.2) is 9.97 Å². The average molecular weight is 218 g/mol. The van der Waals surface area contributed by atoms with Crippen molar-refractivity contribution >= 4 is 32.9 Å². The number of fused-ring (bicyclic) bond motifs is 1. The molecule has 3 rings (SSSR count). The van der Waals surface area contributed by atoms with Crippen molar-refractivity contribution in [3.05, 3.63) is 36.0 Å². The van der Waals surface area contributed by atoms with E-state index in [0.717, 1.165) is 15.4 Å². The first-order valence-corrected chi connectivity index (χ1v) is 5.87. The number of hydrogen-bond acceptors (Lipinski definition) is 4. The molecule has 3 aromatic rings. The van der Waals surface area contributed by atoms with E-state index in [4.69, 9.17) is 0 Å². The van der Waals surface area contributed by atoms with E-state index in [2.05, 4.69) is 16.0 Å². The number of nitrogens with zero attached hydrogens (tertiary/aromatic N) is 2. The summed E-state index contributed by atoms with van der Waals surface area (Å²) in [6.07, 6.45) is 1.86. The van der Waals surface area contributed by atoms with Crippen LogP contribution in [0.25, 0.3) is 20.1 Å². The number of benzene rings is 1. The molecule has 0 aliphatic rings. The second-order valence-electron chi connectivity index (χ2n) is 2.85. The van der Waals surface area contributed by atoms with Crippen LogP contribution in [0.3, 0.4) is 0 Å². The van der Waals surface area contributed by atoms with E-state index in [-0.39, 0.29) is 0 Å². The maximum Gasteiger partial charge on any atom is 0.136 e. The molecule has 0 bridgehead atoms. The molecule has 0 unspecified atom stereocenters. The molecule has 68 valence electrons. The van der Waals surface area contributed by atoms with Crippen LogP contribution in [0.15, 0.2) is 36.0 Å². The Hall–Kier alpha value is -1.26. The molecule has 0 amide bonds. The summed E-state index contributed by atoms with van der Waals surface area (Å²) in [6.45, 7) is 0. The van der Waals surface area contributed by atoms with Crippen LogP contribution in [0.5, 0.6) is 0 Å². The van der Waals surface area contributed by atoms with E-state index in [1.165, 1.54) is 4.70 Å². The molecular weight excluding hydrogens is 212 g/mol. The summed E-state index contributed by atoms with van der Waals surface area (Å²) in [4.78, 5) is 9.74. The van der Waals surface area contributed by atoms with E-state index in [9.17, 15) is 0 Å². The average Bonchev–Trinajstić information content (AvgIpc) is 2.86. The Morgan fingerprint density at radius 1 is 1.14 bits per heavy atom. The van der Waals surface area contributed by atoms with Gasteiger partial charge in [0.2, 0.25) is 0 Å².